The zero-order valence-electron chi connectivity index (χ0n) is 2.23. The maximum Gasteiger partial charge on any atom is 3.00 e. The fourth-order valence-corrected chi connectivity index (χ4v) is 0. The molecule has 2 N–H and O–H groups in total. The Morgan fingerprint density at radius 2 is 1.75 bits per heavy atom. The maximum absolute atomic E-state index is 7.21. The van der Waals surface area contributed by atoms with E-state index in [0.717, 1.165) is 0 Å². The summed E-state index contributed by atoms with van der Waals surface area (Å²) in [5, 5.41) is 7.21. The van der Waals surface area contributed by atoms with Gasteiger partial charge in [-0.3, -0.25) is 7.05 Å². The molecule has 0 saturated carbocycles. The average molecular weight is 135 g/mol. The van der Waals surface area contributed by atoms with Gasteiger partial charge in [-0.15, -0.1) is 0 Å². The molecule has 0 radical (unpaired) electrons. The van der Waals surface area contributed by atoms with Gasteiger partial charge in [0.2, 0.25) is 0 Å². The van der Waals surface area contributed by atoms with Gasteiger partial charge >= 0.3 is 32.7 Å². The molecule has 0 bridgehead atoms. The van der Waals surface area contributed by atoms with E-state index in [1.807, 2.05) is 0 Å². The molecule has 0 aromatic heterocycles. The summed E-state index contributed by atoms with van der Waals surface area (Å²) in [5.74, 6) is 0. The van der Waals surface area contributed by atoms with Crippen LogP contribution < -0.4 is 5.48 Å². The summed E-state index contributed by atoms with van der Waals surface area (Å²) in [5.41, 5.74) is 1.50. The van der Waals surface area contributed by atoms with Crippen molar-refractivity contribution in [2.45, 2.75) is 0 Å². The van der Waals surface area contributed by atoms with Crippen LogP contribution in [0.1, 0.15) is 0 Å². The molecule has 0 saturated heterocycles. The minimum Gasteiger partial charge on any atom is -0.357 e. The molecule has 2 nitrogen and oxygen atoms in total. The third-order valence-electron chi connectivity index (χ3n) is 0. The van der Waals surface area contributed by atoms with Gasteiger partial charge in [0.1, 0.15) is 0 Å². The van der Waals surface area contributed by atoms with Gasteiger partial charge < -0.3 is 10.7 Å². The summed E-state index contributed by atoms with van der Waals surface area (Å²) in [6.45, 7) is 0. The Balaban J connectivity index is 0. The van der Waals surface area contributed by atoms with E-state index in [2.05, 4.69) is 7.05 Å². The molecular weight excluding hydrogens is 131 g/mol. The number of hydrogen-bond donors (Lipinski definition) is 2. The topological polar surface area (TPSA) is 32.3 Å². The fraction of sp³-hybridized carbons (Fsp3) is 0. The minimum absolute atomic E-state index is 0. The average Bonchev–Trinajstić information content (AvgIpc) is 0.918. The smallest absolute Gasteiger partial charge is 0.357 e. The standard InChI is InChI=1S/CH4NO.Y/c1-2-3;/h2-3H,1H2;/q-1;+3. The van der Waals surface area contributed by atoms with E-state index in [0.29, 0.717) is 0 Å². The normalized spacial score (nSPS) is 4.50. The molecule has 0 amide bonds. The second-order valence-electron chi connectivity index (χ2n) is 0.158. The maximum atomic E-state index is 7.21. The number of hydrogen-bond acceptors (Lipinski definition) is 2. The molecule has 0 aliphatic rings. The van der Waals surface area contributed by atoms with Gasteiger partial charge in [-0.1, -0.05) is 0 Å². The summed E-state index contributed by atoms with van der Waals surface area (Å²) >= 11 is 0. The van der Waals surface area contributed by atoms with Crippen LogP contribution in [-0.4, -0.2) is 5.21 Å². The molecule has 3 heteroatoms. The van der Waals surface area contributed by atoms with Gasteiger partial charge in [-0.2, -0.15) is 0 Å². The molecule has 20 valence electrons. The Kier molecular flexibility index (Phi) is 20.0. The molecule has 0 rings (SSSR count). The molecular formula is CH4NOY+2. The molecule has 0 atom stereocenters. The van der Waals surface area contributed by atoms with E-state index in [9.17, 15) is 0 Å². The van der Waals surface area contributed by atoms with Gasteiger partial charge in [-0.05, 0) is 0 Å². The third kappa shape index (κ3) is 11.8. The van der Waals surface area contributed by atoms with Gasteiger partial charge in [0.05, 0.1) is 0 Å². The second kappa shape index (κ2) is 8.98. The van der Waals surface area contributed by atoms with Crippen LogP contribution >= 0.6 is 0 Å². The molecule has 0 fully saturated rings. The predicted octanol–water partition coefficient (Wildman–Crippen LogP) is -0.246. The van der Waals surface area contributed by atoms with Crippen molar-refractivity contribution in [2.24, 2.45) is 0 Å². The zero-order chi connectivity index (χ0) is 2.71. The van der Waals surface area contributed by atoms with Crippen molar-refractivity contribution in [3.05, 3.63) is 7.05 Å². The number of rotatable bonds is 0. The molecule has 0 heterocycles. The van der Waals surface area contributed by atoms with Gasteiger partial charge in [0, 0.05) is 0 Å². The Labute approximate surface area is 50.4 Å². The van der Waals surface area contributed by atoms with Crippen LogP contribution in [-0.2, 0) is 32.7 Å². The first-order chi connectivity index (χ1) is 1.41. The van der Waals surface area contributed by atoms with Crippen LogP contribution in [0, 0.1) is 7.05 Å². The van der Waals surface area contributed by atoms with E-state index in [1.165, 1.54) is 5.48 Å². The molecule has 0 aliphatic carbocycles. The van der Waals surface area contributed by atoms with Crippen molar-refractivity contribution in [3.8, 4) is 0 Å². The Bertz CT molecular complexity index is 8.00. The van der Waals surface area contributed by atoms with E-state index < -0.39 is 0 Å². The first-order valence-corrected chi connectivity index (χ1v) is 0.577. The quantitative estimate of drug-likeness (QED) is 0.354. The molecule has 4 heavy (non-hydrogen) atoms. The van der Waals surface area contributed by atoms with Crippen molar-refractivity contribution < 1.29 is 37.9 Å². The first kappa shape index (κ1) is 8.90. The van der Waals surface area contributed by atoms with E-state index in [4.69, 9.17) is 5.21 Å². The van der Waals surface area contributed by atoms with Crippen LogP contribution in [0.3, 0.4) is 0 Å². The fourth-order valence-electron chi connectivity index (χ4n) is 0. The molecule has 0 aliphatic heterocycles. The Hall–Kier alpha value is 1.02. The molecule has 0 aromatic rings. The van der Waals surface area contributed by atoms with E-state index >= 15 is 0 Å². The molecule has 0 aromatic carbocycles. The van der Waals surface area contributed by atoms with E-state index in [1.54, 1.807) is 0 Å². The van der Waals surface area contributed by atoms with Crippen molar-refractivity contribution in [1.29, 1.82) is 0 Å². The van der Waals surface area contributed by atoms with Crippen molar-refractivity contribution in [3.63, 3.8) is 0 Å². The van der Waals surface area contributed by atoms with Crippen LogP contribution in [0.25, 0.3) is 0 Å². The number of nitrogens with one attached hydrogen (secondary N) is 1. The van der Waals surface area contributed by atoms with Crippen LogP contribution in [0.5, 0.6) is 0 Å². The molecule has 0 unspecified atom stereocenters. The van der Waals surface area contributed by atoms with Crippen molar-refractivity contribution >= 4 is 0 Å². The summed E-state index contributed by atoms with van der Waals surface area (Å²) < 4.78 is 0. The third-order valence-corrected chi connectivity index (χ3v) is 0. The van der Waals surface area contributed by atoms with Gasteiger partial charge in [-0.25, -0.2) is 0 Å². The van der Waals surface area contributed by atoms with E-state index in [-0.39, 0.29) is 32.7 Å². The van der Waals surface area contributed by atoms with Crippen LogP contribution in [0.2, 0.25) is 0 Å². The SMILES string of the molecule is [CH2-]NO.[Y+3]. The Morgan fingerprint density at radius 1 is 1.75 bits per heavy atom. The largest absolute Gasteiger partial charge is 3.00 e. The molecule has 0 spiro atoms. The van der Waals surface area contributed by atoms with Crippen LogP contribution in [0.4, 0.5) is 0 Å². The zero-order valence-corrected chi connectivity index (χ0v) is 5.07. The number of hydroxylamine groups is 1. The van der Waals surface area contributed by atoms with Crippen molar-refractivity contribution in [2.75, 3.05) is 0 Å². The van der Waals surface area contributed by atoms with Crippen molar-refractivity contribution in [1.82, 2.24) is 5.48 Å². The Morgan fingerprint density at radius 3 is 1.75 bits per heavy atom. The summed E-state index contributed by atoms with van der Waals surface area (Å²) in [4.78, 5) is 0. The minimum atomic E-state index is 0. The summed E-state index contributed by atoms with van der Waals surface area (Å²) in [6.07, 6.45) is 0. The van der Waals surface area contributed by atoms with Gasteiger partial charge in [0.25, 0.3) is 0 Å². The summed E-state index contributed by atoms with van der Waals surface area (Å²) in [6, 6.07) is 0. The van der Waals surface area contributed by atoms with Gasteiger partial charge in [0.15, 0.2) is 0 Å². The summed E-state index contributed by atoms with van der Waals surface area (Å²) in [7, 11) is 2.79. The first-order valence-electron chi connectivity index (χ1n) is 0.577. The predicted molar refractivity (Wildman–Crippen MR) is 10.3 cm³/mol. The second-order valence-corrected chi connectivity index (χ2v) is 0.158. The monoisotopic (exact) mass is 135 g/mol. The van der Waals surface area contributed by atoms with Crippen LogP contribution in [0.15, 0.2) is 0 Å².